The van der Waals surface area contributed by atoms with Gasteiger partial charge in [-0.15, -0.1) is 0 Å². The van der Waals surface area contributed by atoms with Crippen molar-refractivity contribution in [3.8, 4) is 0 Å². The minimum Gasteiger partial charge on any atom is -0.462 e. The predicted molar refractivity (Wildman–Crippen MR) is 78.9 cm³/mol. The van der Waals surface area contributed by atoms with E-state index in [1.54, 1.807) is 6.92 Å². The molecule has 3 rings (SSSR count). The summed E-state index contributed by atoms with van der Waals surface area (Å²) in [6, 6.07) is 3.44. The number of rotatable bonds is 5. The molecule has 0 saturated heterocycles. The number of aromatic nitrogens is 2. The first-order valence-electron chi connectivity index (χ1n) is 7.26. The van der Waals surface area contributed by atoms with Gasteiger partial charge in [-0.2, -0.15) is 0 Å². The lowest BCUT2D eigenvalue weighted by Crippen LogP contribution is -2.21. The van der Waals surface area contributed by atoms with E-state index in [2.05, 4.69) is 15.3 Å². The molecule has 120 valence electrons. The number of anilines is 1. The fourth-order valence-electron chi connectivity index (χ4n) is 2.37. The van der Waals surface area contributed by atoms with E-state index in [1.807, 2.05) is 0 Å². The van der Waals surface area contributed by atoms with Crippen LogP contribution in [0.5, 0.6) is 0 Å². The van der Waals surface area contributed by atoms with Gasteiger partial charge in [-0.25, -0.2) is 23.5 Å². The number of nitrogens with zero attached hydrogens (tertiary/aromatic N) is 2. The van der Waals surface area contributed by atoms with Gasteiger partial charge >= 0.3 is 5.97 Å². The molecule has 0 spiro atoms. The van der Waals surface area contributed by atoms with E-state index in [9.17, 15) is 13.6 Å². The minimum atomic E-state index is -0.619. The van der Waals surface area contributed by atoms with E-state index >= 15 is 0 Å². The van der Waals surface area contributed by atoms with Crippen molar-refractivity contribution in [1.29, 1.82) is 0 Å². The molecule has 2 aromatic rings. The molecule has 1 aliphatic rings. The number of nitrogens with one attached hydrogen (secondary N) is 1. The average Bonchev–Trinajstić information content (AvgIpc) is 3.28. The molecule has 1 aliphatic carbocycles. The van der Waals surface area contributed by atoms with Crippen molar-refractivity contribution in [2.45, 2.75) is 25.3 Å². The number of benzene rings is 1. The summed E-state index contributed by atoms with van der Waals surface area (Å²) in [4.78, 5) is 19.7. The summed E-state index contributed by atoms with van der Waals surface area (Å²) in [5.41, 5.74) is 0.209. The molecule has 1 heterocycles. The number of halogens is 2. The van der Waals surface area contributed by atoms with Crippen molar-refractivity contribution in [2.75, 3.05) is 11.9 Å². The van der Waals surface area contributed by atoms with Crippen molar-refractivity contribution in [3.05, 3.63) is 53.4 Å². The molecule has 5 nitrogen and oxygen atoms in total. The number of hydrogen-bond donors (Lipinski definition) is 1. The molecule has 1 fully saturated rings. The normalized spacial score (nSPS) is 15.1. The highest BCUT2D eigenvalue weighted by Crippen LogP contribution is 2.48. The number of esters is 1. The van der Waals surface area contributed by atoms with Crippen LogP contribution in [0.2, 0.25) is 0 Å². The van der Waals surface area contributed by atoms with Crippen molar-refractivity contribution in [1.82, 2.24) is 9.97 Å². The van der Waals surface area contributed by atoms with Crippen LogP contribution in [0.4, 0.5) is 14.7 Å². The maximum absolute atomic E-state index is 13.4. The maximum Gasteiger partial charge on any atom is 0.341 e. The molecule has 0 bridgehead atoms. The molecular formula is C16H15F2N3O2. The Morgan fingerprint density at radius 1 is 1.22 bits per heavy atom. The maximum atomic E-state index is 13.4. The van der Waals surface area contributed by atoms with Crippen LogP contribution in [-0.4, -0.2) is 22.5 Å². The van der Waals surface area contributed by atoms with Crippen molar-refractivity contribution < 1.29 is 18.3 Å². The zero-order valence-corrected chi connectivity index (χ0v) is 12.5. The third-order valence-electron chi connectivity index (χ3n) is 3.68. The van der Waals surface area contributed by atoms with Crippen LogP contribution in [0.1, 0.15) is 35.7 Å². The number of carbonyl (C=O) groups excluding carboxylic acids is 1. The van der Waals surface area contributed by atoms with E-state index in [1.165, 1.54) is 24.5 Å². The molecule has 7 heteroatoms. The van der Waals surface area contributed by atoms with Gasteiger partial charge in [0, 0.05) is 18.5 Å². The Bertz CT molecular complexity index is 710. The predicted octanol–water partition coefficient (Wildman–Crippen LogP) is 3.03. The second-order valence-electron chi connectivity index (χ2n) is 5.38. The zero-order chi connectivity index (χ0) is 16.4. The zero-order valence-electron chi connectivity index (χ0n) is 12.5. The van der Waals surface area contributed by atoms with Gasteiger partial charge in [0.2, 0.25) is 5.95 Å². The van der Waals surface area contributed by atoms with Gasteiger partial charge in [-0.05, 0) is 37.5 Å². The monoisotopic (exact) mass is 319 g/mol. The molecule has 1 aromatic heterocycles. The summed E-state index contributed by atoms with van der Waals surface area (Å²) in [6.07, 6.45) is 4.16. The molecule has 0 atom stereocenters. The van der Waals surface area contributed by atoms with E-state index in [-0.39, 0.29) is 12.2 Å². The fourth-order valence-corrected chi connectivity index (χ4v) is 2.37. The number of carbonyl (C=O) groups is 1. The summed E-state index contributed by atoms with van der Waals surface area (Å²) in [7, 11) is 0. The highest BCUT2D eigenvalue weighted by molar-refractivity contribution is 5.88. The third-order valence-corrected chi connectivity index (χ3v) is 3.68. The van der Waals surface area contributed by atoms with Crippen LogP contribution in [0.25, 0.3) is 0 Å². The Balaban J connectivity index is 1.77. The molecule has 1 aromatic carbocycles. The van der Waals surface area contributed by atoms with Gasteiger partial charge < -0.3 is 10.1 Å². The molecule has 23 heavy (non-hydrogen) atoms. The molecule has 0 amide bonds. The highest BCUT2D eigenvalue weighted by atomic mass is 19.1. The Labute approximate surface area is 131 Å². The van der Waals surface area contributed by atoms with Crippen LogP contribution in [0, 0.1) is 11.6 Å². The van der Waals surface area contributed by atoms with Gasteiger partial charge in [0.15, 0.2) is 0 Å². The van der Waals surface area contributed by atoms with Gasteiger partial charge in [-0.3, -0.25) is 0 Å². The first kappa shape index (κ1) is 15.3. The average molecular weight is 319 g/mol. The SMILES string of the molecule is CCOC(=O)c1cnc(NC2(c3cc(F)cc(F)c3)CC2)nc1. The first-order valence-corrected chi connectivity index (χ1v) is 7.26. The Hall–Kier alpha value is -2.57. The van der Waals surface area contributed by atoms with Gasteiger partial charge in [-0.1, -0.05) is 0 Å². The van der Waals surface area contributed by atoms with Crippen LogP contribution >= 0.6 is 0 Å². The fraction of sp³-hybridized carbons (Fsp3) is 0.312. The summed E-state index contributed by atoms with van der Waals surface area (Å²) in [5, 5.41) is 3.09. The summed E-state index contributed by atoms with van der Waals surface area (Å²) in [6.45, 7) is 1.98. The van der Waals surface area contributed by atoms with Crippen LogP contribution in [0.15, 0.2) is 30.6 Å². The molecule has 1 saturated carbocycles. The third kappa shape index (κ3) is 3.28. The summed E-state index contributed by atoms with van der Waals surface area (Å²) in [5.74, 6) is -1.44. The van der Waals surface area contributed by atoms with Crippen LogP contribution < -0.4 is 5.32 Å². The molecule has 0 unspecified atom stereocenters. The summed E-state index contributed by atoms with van der Waals surface area (Å²) >= 11 is 0. The topological polar surface area (TPSA) is 64.1 Å². The quantitative estimate of drug-likeness (QED) is 0.858. The largest absolute Gasteiger partial charge is 0.462 e. The Kier molecular flexibility index (Phi) is 3.94. The van der Waals surface area contributed by atoms with Crippen LogP contribution in [-0.2, 0) is 10.3 Å². The van der Waals surface area contributed by atoms with Gasteiger partial charge in [0.25, 0.3) is 0 Å². The van der Waals surface area contributed by atoms with Gasteiger partial charge in [0.05, 0.1) is 17.7 Å². The van der Waals surface area contributed by atoms with E-state index in [0.29, 0.717) is 11.5 Å². The minimum absolute atomic E-state index is 0.249. The van der Waals surface area contributed by atoms with E-state index in [4.69, 9.17) is 4.74 Å². The first-order chi connectivity index (χ1) is 11.0. The Morgan fingerprint density at radius 3 is 2.35 bits per heavy atom. The Morgan fingerprint density at radius 2 is 1.83 bits per heavy atom. The highest BCUT2D eigenvalue weighted by Gasteiger charge is 2.45. The second-order valence-corrected chi connectivity index (χ2v) is 5.38. The smallest absolute Gasteiger partial charge is 0.341 e. The molecule has 1 N–H and O–H groups in total. The van der Waals surface area contributed by atoms with E-state index < -0.39 is 23.1 Å². The lowest BCUT2D eigenvalue weighted by Gasteiger charge is -2.18. The van der Waals surface area contributed by atoms with Crippen LogP contribution in [0.3, 0.4) is 0 Å². The summed E-state index contributed by atoms with van der Waals surface area (Å²) < 4.78 is 31.6. The van der Waals surface area contributed by atoms with E-state index in [0.717, 1.165) is 18.9 Å². The van der Waals surface area contributed by atoms with Gasteiger partial charge in [0.1, 0.15) is 11.6 Å². The lowest BCUT2D eigenvalue weighted by atomic mass is 10.0. The second kappa shape index (κ2) is 5.91. The molecule has 0 radical (unpaired) electrons. The molecular weight excluding hydrogens is 304 g/mol. The number of hydrogen-bond acceptors (Lipinski definition) is 5. The molecule has 0 aliphatic heterocycles. The van der Waals surface area contributed by atoms with Crippen molar-refractivity contribution >= 4 is 11.9 Å². The van der Waals surface area contributed by atoms with Crippen molar-refractivity contribution in [3.63, 3.8) is 0 Å². The van der Waals surface area contributed by atoms with Crippen molar-refractivity contribution in [2.24, 2.45) is 0 Å². The number of ether oxygens (including phenoxy) is 1. The standard InChI is InChI=1S/C16H15F2N3O2/c1-2-23-14(22)10-8-19-15(20-9-10)21-16(3-4-16)11-5-12(17)7-13(18)6-11/h5-9H,2-4H2,1H3,(H,19,20,21). The lowest BCUT2D eigenvalue weighted by molar-refractivity contribution is 0.0525.